The Morgan fingerprint density at radius 1 is 1.39 bits per heavy atom. The number of nitrogens with one attached hydrogen (secondary N) is 1. The number of fused-ring (bicyclic) bond motifs is 1. The molecule has 3 N–H and O–H groups in total. The summed E-state index contributed by atoms with van der Waals surface area (Å²) in [5.41, 5.74) is 3.24. The number of rotatable bonds is 5. The number of thiophene rings is 1. The summed E-state index contributed by atoms with van der Waals surface area (Å²) in [6, 6.07) is 7.28. The highest BCUT2D eigenvalue weighted by Gasteiger charge is 2.25. The number of aliphatic hydroxyl groups is 2. The predicted octanol–water partition coefficient (Wildman–Crippen LogP) is 2.28. The summed E-state index contributed by atoms with van der Waals surface area (Å²) in [6.45, 7) is 1.65. The van der Waals surface area contributed by atoms with Crippen LogP contribution in [0.4, 0.5) is 5.69 Å². The second kappa shape index (κ2) is 6.54. The first kappa shape index (κ1) is 15.7. The van der Waals surface area contributed by atoms with Gasteiger partial charge in [-0.3, -0.25) is 4.79 Å². The van der Waals surface area contributed by atoms with Crippen molar-refractivity contribution in [3.8, 4) is 5.75 Å². The first-order valence-corrected chi connectivity index (χ1v) is 8.09. The first-order valence-electron chi connectivity index (χ1n) is 7.22. The molecule has 2 heterocycles. The topological polar surface area (TPSA) is 78.8 Å². The Hall–Kier alpha value is -2.15. The smallest absolute Gasteiger partial charge is 0.256 e. The maximum Gasteiger partial charge on any atom is 0.256 e. The Kier molecular flexibility index (Phi) is 4.47. The van der Waals surface area contributed by atoms with Gasteiger partial charge in [0.2, 0.25) is 0 Å². The number of anilines is 1. The summed E-state index contributed by atoms with van der Waals surface area (Å²) in [4.78, 5) is 13.3. The molecule has 0 fully saturated rings. The number of aliphatic hydroxyl groups excluding tert-OH is 2. The third kappa shape index (κ3) is 3.29. The zero-order valence-corrected chi connectivity index (χ0v) is 13.4. The molecule has 1 amide bonds. The SMILES string of the molecule is Cc1ccsc1C=C1C(=O)Nc2ccc(OCC(O)CO)cc21. The van der Waals surface area contributed by atoms with Crippen LogP contribution in [0.3, 0.4) is 0 Å². The van der Waals surface area contributed by atoms with Gasteiger partial charge in [0.1, 0.15) is 18.5 Å². The van der Waals surface area contributed by atoms with E-state index < -0.39 is 6.10 Å². The predicted molar refractivity (Wildman–Crippen MR) is 90.6 cm³/mol. The highest BCUT2D eigenvalue weighted by molar-refractivity contribution is 7.11. The van der Waals surface area contributed by atoms with E-state index in [0.717, 1.165) is 21.7 Å². The molecule has 120 valence electrons. The van der Waals surface area contributed by atoms with E-state index in [1.54, 1.807) is 29.5 Å². The van der Waals surface area contributed by atoms with Crippen LogP contribution in [0.2, 0.25) is 0 Å². The first-order chi connectivity index (χ1) is 11.1. The lowest BCUT2D eigenvalue weighted by Crippen LogP contribution is -2.21. The van der Waals surface area contributed by atoms with Crippen molar-refractivity contribution in [2.24, 2.45) is 0 Å². The Balaban J connectivity index is 1.90. The molecule has 1 aliphatic heterocycles. The number of carbonyl (C=O) groups is 1. The van der Waals surface area contributed by atoms with Gasteiger partial charge in [-0.1, -0.05) is 0 Å². The van der Waals surface area contributed by atoms with E-state index in [9.17, 15) is 9.90 Å². The third-order valence-electron chi connectivity index (χ3n) is 3.60. The molecule has 0 radical (unpaired) electrons. The van der Waals surface area contributed by atoms with Gasteiger partial charge in [-0.2, -0.15) is 0 Å². The average molecular weight is 331 g/mol. The van der Waals surface area contributed by atoms with Crippen LogP contribution in [0.25, 0.3) is 11.6 Å². The van der Waals surface area contributed by atoms with Gasteiger partial charge < -0.3 is 20.3 Å². The Bertz CT molecular complexity index is 766. The van der Waals surface area contributed by atoms with E-state index in [-0.39, 0.29) is 19.1 Å². The lowest BCUT2D eigenvalue weighted by molar-refractivity contribution is -0.110. The molecular weight excluding hydrogens is 314 g/mol. The van der Waals surface area contributed by atoms with E-state index in [1.807, 2.05) is 24.4 Å². The molecule has 3 rings (SSSR count). The molecule has 0 aliphatic carbocycles. The summed E-state index contributed by atoms with van der Waals surface area (Å²) in [6.07, 6.45) is 0.958. The minimum Gasteiger partial charge on any atom is -0.491 e. The highest BCUT2D eigenvalue weighted by atomic mass is 32.1. The van der Waals surface area contributed by atoms with Crippen molar-refractivity contribution in [3.05, 3.63) is 45.6 Å². The maximum atomic E-state index is 12.2. The van der Waals surface area contributed by atoms with Gasteiger partial charge >= 0.3 is 0 Å². The van der Waals surface area contributed by atoms with Crippen molar-refractivity contribution in [1.82, 2.24) is 0 Å². The molecule has 2 aromatic rings. The van der Waals surface area contributed by atoms with Gasteiger partial charge in [0.05, 0.1) is 12.2 Å². The largest absolute Gasteiger partial charge is 0.491 e. The van der Waals surface area contributed by atoms with Crippen LogP contribution < -0.4 is 10.1 Å². The fourth-order valence-electron chi connectivity index (χ4n) is 2.31. The van der Waals surface area contributed by atoms with Gasteiger partial charge in [-0.05, 0) is 48.2 Å². The number of aryl methyl sites for hydroxylation is 1. The Labute approximate surface area is 137 Å². The third-order valence-corrected chi connectivity index (χ3v) is 4.57. The maximum absolute atomic E-state index is 12.2. The lowest BCUT2D eigenvalue weighted by Gasteiger charge is -2.10. The molecule has 0 saturated heterocycles. The summed E-state index contributed by atoms with van der Waals surface area (Å²) >= 11 is 1.59. The molecule has 1 atom stereocenters. The van der Waals surface area contributed by atoms with E-state index in [2.05, 4.69) is 5.32 Å². The van der Waals surface area contributed by atoms with Crippen LogP contribution in [0.1, 0.15) is 16.0 Å². The van der Waals surface area contributed by atoms with Crippen LogP contribution in [0.5, 0.6) is 5.75 Å². The van der Waals surface area contributed by atoms with Crippen LogP contribution in [-0.4, -0.2) is 35.4 Å². The van der Waals surface area contributed by atoms with Crippen LogP contribution in [0.15, 0.2) is 29.6 Å². The average Bonchev–Trinajstić information content (AvgIpc) is 3.09. The van der Waals surface area contributed by atoms with E-state index >= 15 is 0 Å². The number of hydrogen-bond acceptors (Lipinski definition) is 5. The molecule has 0 saturated carbocycles. The van der Waals surface area contributed by atoms with Crippen molar-refractivity contribution < 1.29 is 19.7 Å². The second-order valence-electron chi connectivity index (χ2n) is 5.33. The van der Waals surface area contributed by atoms with Gasteiger partial charge in [0.15, 0.2) is 0 Å². The van der Waals surface area contributed by atoms with Crippen molar-refractivity contribution in [2.75, 3.05) is 18.5 Å². The molecule has 23 heavy (non-hydrogen) atoms. The lowest BCUT2D eigenvalue weighted by atomic mass is 10.1. The minimum absolute atomic E-state index is 0.000256. The number of hydrogen-bond donors (Lipinski definition) is 3. The molecule has 0 spiro atoms. The molecule has 5 nitrogen and oxygen atoms in total. The van der Waals surface area contributed by atoms with Crippen molar-refractivity contribution >= 4 is 34.6 Å². The van der Waals surface area contributed by atoms with Crippen molar-refractivity contribution in [2.45, 2.75) is 13.0 Å². The van der Waals surface area contributed by atoms with E-state index in [4.69, 9.17) is 9.84 Å². The monoisotopic (exact) mass is 331 g/mol. The molecule has 1 unspecified atom stereocenters. The summed E-state index contributed by atoms with van der Waals surface area (Å²) < 4.78 is 5.45. The molecule has 1 aromatic carbocycles. The minimum atomic E-state index is -0.924. The highest BCUT2D eigenvalue weighted by Crippen LogP contribution is 2.36. The van der Waals surface area contributed by atoms with Crippen LogP contribution >= 0.6 is 11.3 Å². The van der Waals surface area contributed by atoms with Crippen LogP contribution in [-0.2, 0) is 4.79 Å². The number of ether oxygens (including phenoxy) is 1. The van der Waals surface area contributed by atoms with Crippen molar-refractivity contribution in [1.29, 1.82) is 0 Å². The molecule has 0 bridgehead atoms. The Morgan fingerprint density at radius 3 is 2.91 bits per heavy atom. The molecule has 1 aromatic heterocycles. The van der Waals surface area contributed by atoms with Gasteiger partial charge in [0.25, 0.3) is 5.91 Å². The van der Waals surface area contributed by atoms with Gasteiger partial charge in [0, 0.05) is 16.1 Å². The summed E-state index contributed by atoms with van der Waals surface area (Å²) in [5, 5.41) is 23.0. The fourth-order valence-corrected chi connectivity index (χ4v) is 3.17. The fraction of sp³-hybridized carbons (Fsp3) is 0.235. The second-order valence-corrected chi connectivity index (χ2v) is 6.28. The number of benzene rings is 1. The quantitative estimate of drug-likeness (QED) is 0.735. The van der Waals surface area contributed by atoms with E-state index in [0.29, 0.717) is 11.3 Å². The number of carbonyl (C=O) groups excluding carboxylic acids is 1. The van der Waals surface area contributed by atoms with Crippen molar-refractivity contribution in [3.63, 3.8) is 0 Å². The van der Waals surface area contributed by atoms with Gasteiger partial charge in [-0.15, -0.1) is 11.3 Å². The molecule has 1 aliphatic rings. The summed E-state index contributed by atoms with van der Waals surface area (Å²) in [5.74, 6) is 0.405. The Morgan fingerprint density at radius 2 is 2.22 bits per heavy atom. The zero-order chi connectivity index (χ0) is 16.4. The normalized spacial score (nSPS) is 16.3. The zero-order valence-electron chi connectivity index (χ0n) is 12.6. The number of amides is 1. The standard InChI is InChI=1S/C17H17NO4S/c1-10-4-5-23-16(10)7-14-13-6-12(22-9-11(20)8-19)2-3-15(13)18-17(14)21/h2-7,11,19-20H,8-9H2,1H3,(H,18,21). The molecular formula is C17H17NO4S. The summed E-state index contributed by atoms with van der Waals surface area (Å²) in [7, 11) is 0. The van der Waals surface area contributed by atoms with Crippen LogP contribution in [0, 0.1) is 6.92 Å². The van der Waals surface area contributed by atoms with Gasteiger partial charge in [-0.25, -0.2) is 0 Å². The van der Waals surface area contributed by atoms with E-state index in [1.165, 1.54) is 0 Å². The molecule has 6 heteroatoms.